The second-order valence-corrected chi connectivity index (χ2v) is 6.19. The Morgan fingerprint density at radius 2 is 2.28 bits per heavy atom. The Kier molecular flexibility index (Phi) is 5.32. The molecule has 0 saturated heterocycles. The minimum Gasteiger partial charge on any atom is -0.450 e. The second-order valence-electron chi connectivity index (χ2n) is 6.19. The molecule has 9 nitrogen and oxygen atoms in total. The summed E-state index contributed by atoms with van der Waals surface area (Å²) < 4.78 is 12.0. The van der Waals surface area contributed by atoms with Crippen molar-refractivity contribution < 1.29 is 14.1 Å². The van der Waals surface area contributed by atoms with Crippen LogP contribution in [0.15, 0.2) is 10.6 Å². The molecule has 0 N–H and O–H groups in total. The van der Waals surface area contributed by atoms with Crippen LogP contribution in [0.2, 0.25) is 0 Å². The highest BCUT2D eigenvalue weighted by atomic mass is 16.6. The van der Waals surface area contributed by atoms with Gasteiger partial charge in [0.1, 0.15) is 0 Å². The van der Waals surface area contributed by atoms with E-state index in [9.17, 15) is 4.79 Å². The molecular weight excluding hydrogens is 324 g/mol. The lowest BCUT2D eigenvalue weighted by molar-refractivity contribution is 0.0959. The number of fused-ring (bicyclic) bond motifs is 1. The quantitative estimate of drug-likeness (QED) is 0.775. The SMILES string of the molecule is CCOC(=O)N1CCn2nc(CN(C)CCc3noc(C)n3)cc2C1. The van der Waals surface area contributed by atoms with Gasteiger partial charge in [0.05, 0.1) is 31.1 Å². The van der Waals surface area contributed by atoms with Crippen molar-refractivity contribution in [1.29, 1.82) is 0 Å². The Morgan fingerprint density at radius 1 is 1.44 bits per heavy atom. The van der Waals surface area contributed by atoms with Crippen molar-refractivity contribution in [2.75, 3.05) is 26.7 Å². The van der Waals surface area contributed by atoms with Gasteiger partial charge >= 0.3 is 6.09 Å². The molecule has 2 aromatic rings. The molecule has 1 aliphatic heterocycles. The maximum Gasteiger partial charge on any atom is 0.410 e. The maximum atomic E-state index is 11.9. The van der Waals surface area contributed by atoms with E-state index >= 15 is 0 Å². The fourth-order valence-electron chi connectivity index (χ4n) is 2.86. The first-order valence-electron chi connectivity index (χ1n) is 8.50. The normalized spacial score (nSPS) is 14.0. The van der Waals surface area contributed by atoms with E-state index < -0.39 is 0 Å². The summed E-state index contributed by atoms with van der Waals surface area (Å²) in [6.45, 7) is 7.40. The third-order valence-corrected chi connectivity index (χ3v) is 4.09. The van der Waals surface area contributed by atoms with Gasteiger partial charge in [-0.15, -0.1) is 0 Å². The van der Waals surface area contributed by atoms with Crippen LogP contribution in [0.5, 0.6) is 0 Å². The van der Waals surface area contributed by atoms with E-state index in [4.69, 9.17) is 9.26 Å². The first-order valence-corrected chi connectivity index (χ1v) is 8.50. The molecule has 3 rings (SSSR count). The molecule has 9 heteroatoms. The number of nitrogens with zero attached hydrogens (tertiary/aromatic N) is 6. The van der Waals surface area contributed by atoms with Gasteiger partial charge in [-0.05, 0) is 20.0 Å². The van der Waals surface area contributed by atoms with Gasteiger partial charge in [0.15, 0.2) is 5.82 Å². The number of aryl methyl sites for hydroxylation is 1. The Labute approximate surface area is 146 Å². The van der Waals surface area contributed by atoms with Gasteiger partial charge in [-0.2, -0.15) is 10.1 Å². The van der Waals surface area contributed by atoms with Gasteiger partial charge in [0.25, 0.3) is 0 Å². The van der Waals surface area contributed by atoms with E-state index in [1.807, 2.05) is 18.7 Å². The van der Waals surface area contributed by atoms with Crippen molar-refractivity contribution in [3.05, 3.63) is 29.2 Å². The van der Waals surface area contributed by atoms with Crippen LogP contribution in [-0.2, 0) is 30.8 Å². The maximum absolute atomic E-state index is 11.9. The summed E-state index contributed by atoms with van der Waals surface area (Å²) in [7, 11) is 2.04. The molecule has 0 aliphatic carbocycles. The summed E-state index contributed by atoms with van der Waals surface area (Å²) in [5.74, 6) is 1.31. The molecule has 25 heavy (non-hydrogen) atoms. The highest BCUT2D eigenvalue weighted by Crippen LogP contribution is 2.15. The van der Waals surface area contributed by atoms with Gasteiger partial charge in [0, 0.05) is 33.0 Å². The lowest BCUT2D eigenvalue weighted by Gasteiger charge is -2.26. The zero-order valence-corrected chi connectivity index (χ0v) is 14.9. The summed E-state index contributed by atoms with van der Waals surface area (Å²) in [4.78, 5) is 20.0. The van der Waals surface area contributed by atoms with Gasteiger partial charge in [0.2, 0.25) is 5.89 Å². The predicted molar refractivity (Wildman–Crippen MR) is 88.7 cm³/mol. The average molecular weight is 348 g/mol. The van der Waals surface area contributed by atoms with Gasteiger partial charge in [-0.25, -0.2) is 4.79 Å². The minimum atomic E-state index is -0.260. The standard InChI is InChI=1S/C16H24N6O3/c1-4-24-16(23)21-7-8-22-14(11-21)9-13(18-22)10-20(3)6-5-15-17-12(2)25-19-15/h9H,4-8,10-11H2,1-3H3. The third-order valence-electron chi connectivity index (χ3n) is 4.09. The molecule has 1 amide bonds. The summed E-state index contributed by atoms with van der Waals surface area (Å²) >= 11 is 0. The number of carbonyl (C=O) groups excluding carboxylic acids is 1. The zero-order valence-electron chi connectivity index (χ0n) is 14.9. The van der Waals surface area contributed by atoms with Crippen molar-refractivity contribution >= 4 is 6.09 Å². The average Bonchev–Trinajstić information content (AvgIpc) is 3.17. The Hall–Kier alpha value is -2.42. The number of ether oxygens (including phenoxy) is 1. The van der Waals surface area contributed by atoms with E-state index in [2.05, 4.69) is 26.2 Å². The molecule has 0 bridgehead atoms. The van der Waals surface area contributed by atoms with Crippen molar-refractivity contribution in [3.8, 4) is 0 Å². The van der Waals surface area contributed by atoms with Gasteiger partial charge < -0.3 is 19.1 Å². The van der Waals surface area contributed by atoms with E-state index in [0.717, 1.165) is 36.7 Å². The van der Waals surface area contributed by atoms with E-state index in [1.165, 1.54) is 0 Å². The van der Waals surface area contributed by atoms with Crippen LogP contribution in [0, 0.1) is 6.92 Å². The highest BCUT2D eigenvalue weighted by Gasteiger charge is 2.23. The molecule has 0 fully saturated rings. The number of likely N-dealkylation sites (N-methyl/N-ethyl adjacent to an activating group) is 1. The van der Waals surface area contributed by atoms with Crippen LogP contribution in [0.25, 0.3) is 0 Å². The van der Waals surface area contributed by atoms with Crippen molar-refractivity contribution in [3.63, 3.8) is 0 Å². The topological polar surface area (TPSA) is 89.5 Å². The molecule has 3 heterocycles. The van der Waals surface area contributed by atoms with Crippen LogP contribution in [0.3, 0.4) is 0 Å². The fourth-order valence-corrected chi connectivity index (χ4v) is 2.86. The summed E-state index contributed by atoms with van der Waals surface area (Å²) in [6, 6.07) is 2.06. The Morgan fingerprint density at radius 3 is 3.00 bits per heavy atom. The molecule has 2 aromatic heterocycles. The van der Waals surface area contributed by atoms with E-state index in [-0.39, 0.29) is 6.09 Å². The number of aromatic nitrogens is 4. The van der Waals surface area contributed by atoms with E-state index in [0.29, 0.717) is 32.1 Å². The fraction of sp³-hybridized carbons (Fsp3) is 0.625. The van der Waals surface area contributed by atoms with Gasteiger partial charge in [-0.1, -0.05) is 5.16 Å². The third kappa shape index (κ3) is 4.36. The largest absolute Gasteiger partial charge is 0.450 e. The van der Waals surface area contributed by atoms with Crippen LogP contribution in [0.4, 0.5) is 4.79 Å². The molecule has 0 radical (unpaired) electrons. The molecule has 1 aliphatic rings. The van der Waals surface area contributed by atoms with Crippen molar-refractivity contribution in [2.45, 2.75) is 39.9 Å². The molecule has 136 valence electrons. The molecule has 0 spiro atoms. The summed E-state index contributed by atoms with van der Waals surface area (Å²) in [6.07, 6.45) is 0.474. The second kappa shape index (κ2) is 7.64. The number of hydrogen-bond donors (Lipinski definition) is 0. The van der Waals surface area contributed by atoms with Crippen LogP contribution >= 0.6 is 0 Å². The minimum absolute atomic E-state index is 0.260. The van der Waals surface area contributed by atoms with Crippen molar-refractivity contribution in [1.82, 2.24) is 29.7 Å². The van der Waals surface area contributed by atoms with E-state index in [1.54, 1.807) is 11.8 Å². The van der Waals surface area contributed by atoms with Crippen LogP contribution in [0.1, 0.15) is 30.0 Å². The van der Waals surface area contributed by atoms with Crippen molar-refractivity contribution in [2.24, 2.45) is 0 Å². The molecular formula is C16H24N6O3. The predicted octanol–water partition coefficient (Wildman–Crippen LogP) is 1.22. The van der Waals surface area contributed by atoms with Gasteiger partial charge in [-0.3, -0.25) is 4.68 Å². The summed E-state index contributed by atoms with van der Waals surface area (Å²) in [5.41, 5.74) is 2.03. The number of hydrogen-bond acceptors (Lipinski definition) is 7. The number of carbonyl (C=O) groups is 1. The first kappa shape index (κ1) is 17.4. The highest BCUT2D eigenvalue weighted by molar-refractivity contribution is 5.67. The molecule has 0 atom stereocenters. The van der Waals surface area contributed by atoms with Crippen LogP contribution < -0.4 is 0 Å². The monoisotopic (exact) mass is 348 g/mol. The molecule has 0 unspecified atom stereocenters. The molecule has 0 saturated carbocycles. The summed E-state index contributed by atoms with van der Waals surface area (Å²) in [5, 5.41) is 8.54. The van der Waals surface area contributed by atoms with Crippen LogP contribution in [-0.4, -0.2) is 62.6 Å². The lowest BCUT2D eigenvalue weighted by atomic mass is 10.3. The smallest absolute Gasteiger partial charge is 0.410 e. The Bertz CT molecular complexity index is 725. The lowest BCUT2D eigenvalue weighted by Crippen LogP contribution is -2.38. The number of rotatable bonds is 6. The molecule has 0 aromatic carbocycles. The first-order chi connectivity index (χ1) is 12.0. The number of amides is 1. The Balaban J connectivity index is 1.53. The zero-order chi connectivity index (χ0) is 17.8.